The van der Waals surface area contributed by atoms with Gasteiger partial charge in [-0.25, -0.2) is 18.0 Å². The maximum Gasteiger partial charge on any atom is 0.343 e. The molecule has 0 aromatic heterocycles. The standard InChI is InChI=1S/C24H27NO8S/c1-4-18-7-8-19(16-22(18)34(28,29)25-11-13-32-14-12-25)24(27)33-20-9-5-17(15-21(20)30-2)6-10-23(26)31-3/h5-10,15-16H,4,11-14H2,1-3H3/b10-6+. The van der Waals surface area contributed by atoms with E-state index in [0.717, 1.165) is 0 Å². The van der Waals surface area contributed by atoms with E-state index in [1.165, 1.54) is 42.8 Å². The van der Waals surface area contributed by atoms with Crippen molar-refractivity contribution >= 4 is 28.0 Å². The number of ether oxygens (including phenoxy) is 4. The van der Waals surface area contributed by atoms with Crippen LogP contribution in [0, 0.1) is 0 Å². The molecule has 10 heteroatoms. The normalized spacial score (nSPS) is 14.7. The van der Waals surface area contributed by atoms with Crippen LogP contribution in [0.4, 0.5) is 0 Å². The summed E-state index contributed by atoms with van der Waals surface area (Å²) in [6.07, 6.45) is 3.28. The third-order valence-corrected chi connectivity index (χ3v) is 7.26. The second kappa shape index (κ2) is 11.3. The second-order valence-corrected chi connectivity index (χ2v) is 9.26. The maximum atomic E-state index is 13.2. The molecular weight excluding hydrogens is 462 g/mol. The number of nitrogens with zero attached hydrogens (tertiary/aromatic N) is 1. The maximum absolute atomic E-state index is 13.2. The molecule has 2 aromatic carbocycles. The highest BCUT2D eigenvalue weighted by Crippen LogP contribution is 2.30. The Morgan fingerprint density at radius 3 is 2.44 bits per heavy atom. The van der Waals surface area contributed by atoms with E-state index in [0.29, 0.717) is 30.8 Å². The molecule has 1 aliphatic heterocycles. The Morgan fingerprint density at radius 1 is 1.06 bits per heavy atom. The number of hydrogen-bond acceptors (Lipinski definition) is 8. The van der Waals surface area contributed by atoms with Crippen LogP contribution in [-0.2, 0) is 30.7 Å². The van der Waals surface area contributed by atoms with Gasteiger partial charge in [-0.2, -0.15) is 4.31 Å². The van der Waals surface area contributed by atoms with Gasteiger partial charge in [0.15, 0.2) is 11.5 Å². The van der Waals surface area contributed by atoms with Crippen molar-refractivity contribution < 1.29 is 37.0 Å². The summed E-state index contributed by atoms with van der Waals surface area (Å²) in [7, 11) is -1.09. The average Bonchev–Trinajstić information content (AvgIpc) is 2.87. The van der Waals surface area contributed by atoms with Gasteiger partial charge in [-0.3, -0.25) is 0 Å². The molecule has 0 atom stereocenters. The summed E-state index contributed by atoms with van der Waals surface area (Å²) in [6.45, 7) is 3.02. The van der Waals surface area contributed by atoms with Gasteiger partial charge in [-0.05, 0) is 47.9 Å². The summed E-state index contributed by atoms with van der Waals surface area (Å²) >= 11 is 0. The van der Waals surface area contributed by atoms with Crippen LogP contribution in [0.15, 0.2) is 47.4 Å². The lowest BCUT2D eigenvalue weighted by Gasteiger charge is -2.27. The van der Waals surface area contributed by atoms with E-state index < -0.39 is 22.0 Å². The first-order valence-corrected chi connectivity index (χ1v) is 12.1. The Bertz CT molecular complexity index is 1180. The van der Waals surface area contributed by atoms with Gasteiger partial charge >= 0.3 is 11.9 Å². The van der Waals surface area contributed by atoms with Crippen LogP contribution in [-0.4, -0.2) is 65.2 Å². The first-order valence-electron chi connectivity index (χ1n) is 10.7. The fourth-order valence-corrected chi connectivity index (χ4v) is 5.13. The summed E-state index contributed by atoms with van der Waals surface area (Å²) in [5.41, 5.74) is 1.34. The van der Waals surface area contributed by atoms with Crippen LogP contribution >= 0.6 is 0 Å². The molecule has 0 unspecified atom stereocenters. The molecule has 0 radical (unpaired) electrons. The molecule has 182 valence electrons. The van der Waals surface area contributed by atoms with E-state index in [4.69, 9.17) is 14.2 Å². The molecular formula is C24H27NO8S. The van der Waals surface area contributed by atoms with Gasteiger partial charge in [-0.15, -0.1) is 0 Å². The molecule has 0 spiro atoms. The SMILES string of the molecule is CCc1ccc(C(=O)Oc2ccc(/C=C/C(=O)OC)cc2OC)cc1S(=O)(=O)N1CCOCC1. The third-order valence-electron chi connectivity index (χ3n) is 5.28. The van der Waals surface area contributed by atoms with Crippen molar-refractivity contribution in [3.05, 3.63) is 59.2 Å². The van der Waals surface area contributed by atoms with Crippen molar-refractivity contribution in [1.82, 2.24) is 4.31 Å². The van der Waals surface area contributed by atoms with Gasteiger partial charge in [0, 0.05) is 19.2 Å². The largest absolute Gasteiger partial charge is 0.493 e. The zero-order chi connectivity index (χ0) is 24.7. The molecule has 34 heavy (non-hydrogen) atoms. The molecule has 1 saturated heterocycles. The molecule has 1 aliphatic rings. The van der Waals surface area contributed by atoms with Gasteiger partial charge in [0.05, 0.1) is 37.9 Å². The smallest absolute Gasteiger partial charge is 0.343 e. The van der Waals surface area contributed by atoms with Crippen molar-refractivity contribution in [2.24, 2.45) is 0 Å². The van der Waals surface area contributed by atoms with Crippen molar-refractivity contribution in [1.29, 1.82) is 0 Å². The van der Waals surface area contributed by atoms with E-state index >= 15 is 0 Å². The minimum Gasteiger partial charge on any atom is -0.493 e. The van der Waals surface area contributed by atoms with Gasteiger partial charge in [0.2, 0.25) is 10.0 Å². The second-order valence-electron chi connectivity index (χ2n) is 7.35. The molecule has 1 fully saturated rings. The number of carbonyl (C=O) groups excluding carboxylic acids is 2. The molecule has 0 bridgehead atoms. The third kappa shape index (κ3) is 5.82. The Balaban J connectivity index is 1.87. The number of carbonyl (C=O) groups is 2. The van der Waals surface area contributed by atoms with Gasteiger partial charge < -0.3 is 18.9 Å². The number of esters is 2. The minimum atomic E-state index is -3.79. The van der Waals surface area contributed by atoms with Gasteiger partial charge in [0.25, 0.3) is 0 Å². The number of rotatable bonds is 8. The number of morpholine rings is 1. The van der Waals surface area contributed by atoms with E-state index in [2.05, 4.69) is 4.74 Å². The molecule has 1 heterocycles. The molecule has 0 amide bonds. The molecule has 9 nitrogen and oxygen atoms in total. The molecule has 3 rings (SSSR count). The van der Waals surface area contributed by atoms with Crippen molar-refractivity contribution in [2.45, 2.75) is 18.2 Å². The Labute approximate surface area is 198 Å². The summed E-state index contributed by atoms with van der Waals surface area (Å²) in [5, 5.41) is 0. The van der Waals surface area contributed by atoms with E-state index in [1.54, 1.807) is 24.3 Å². The lowest BCUT2D eigenvalue weighted by molar-refractivity contribution is -0.134. The summed E-state index contributed by atoms with van der Waals surface area (Å²) in [4.78, 5) is 24.3. The first-order chi connectivity index (χ1) is 16.3. The fourth-order valence-electron chi connectivity index (χ4n) is 3.40. The highest BCUT2D eigenvalue weighted by atomic mass is 32.2. The summed E-state index contributed by atoms with van der Waals surface area (Å²) < 4.78 is 48.5. The topological polar surface area (TPSA) is 108 Å². The van der Waals surface area contributed by atoms with Gasteiger partial charge in [-0.1, -0.05) is 19.1 Å². The fraction of sp³-hybridized carbons (Fsp3) is 0.333. The lowest BCUT2D eigenvalue weighted by Crippen LogP contribution is -2.41. The predicted octanol–water partition coefficient (Wildman–Crippen LogP) is 2.68. The Kier molecular flexibility index (Phi) is 8.43. The van der Waals surface area contributed by atoms with Crippen molar-refractivity contribution in [2.75, 3.05) is 40.5 Å². The molecule has 0 aliphatic carbocycles. The lowest BCUT2D eigenvalue weighted by atomic mass is 10.1. The highest BCUT2D eigenvalue weighted by molar-refractivity contribution is 7.89. The number of aryl methyl sites for hydroxylation is 1. The van der Waals surface area contributed by atoms with Crippen LogP contribution in [0.3, 0.4) is 0 Å². The summed E-state index contributed by atoms with van der Waals surface area (Å²) in [6, 6.07) is 9.28. The molecule has 0 saturated carbocycles. The van der Waals surface area contributed by atoms with E-state index in [9.17, 15) is 18.0 Å². The van der Waals surface area contributed by atoms with E-state index in [-0.39, 0.29) is 35.0 Å². The average molecular weight is 490 g/mol. The number of benzene rings is 2. The van der Waals surface area contributed by atoms with Crippen LogP contribution in [0.25, 0.3) is 6.08 Å². The highest BCUT2D eigenvalue weighted by Gasteiger charge is 2.29. The monoisotopic (exact) mass is 489 g/mol. The van der Waals surface area contributed by atoms with Crippen LogP contribution in [0.5, 0.6) is 11.5 Å². The van der Waals surface area contributed by atoms with Crippen LogP contribution in [0.2, 0.25) is 0 Å². The number of hydrogen-bond donors (Lipinski definition) is 0. The predicted molar refractivity (Wildman–Crippen MR) is 124 cm³/mol. The van der Waals surface area contributed by atoms with Crippen LogP contribution in [0.1, 0.15) is 28.4 Å². The van der Waals surface area contributed by atoms with E-state index in [1.807, 2.05) is 6.92 Å². The zero-order valence-corrected chi connectivity index (χ0v) is 20.1. The van der Waals surface area contributed by atoms with Crippen molar-refractivity contribution in [3.8, 4) is 11.5 Å². The Morgan fingerprint density at radius 2 is 1.79 bits per heavy atom. The van der Waals surface area contributed by atoms with Crippen molar-refractivity contribution in [3.63, 3.8) is 0 Å². The summed E-state index contributed by atoms with van der Waals surface area (Å²) in [5.74, 6) is -0.809. The van der Waals surface area contributed by atoms with Crippen LogP contribution < -0.4 is 9.47 Å². The number of sulfonamides is 1. The first kappa shape index (κ1) is 25.4. The Hall–Kier alpha value is -3.21. The molecule has 2 aromatic rings. The minimum absolute atomic E-state index is 0.0848. The quantitative estimate of drug-likeness (QED) is 0.316. The molecule has 0 N–H and O–H groups in total. The van der Waals surface area contributed by atoms with Gasteiger partial charge in [0.1, 0.15) is 0 Å². The number of methoxy groups -OCH3 is 2. The zero-order valence-electron chi connectivity index (χ0n) is 19.3.